The molecule has 0 saturated heterocycles. The fourth-order valence-electron chi connectivity index (χ4n) is 10.7. The quantitative estimate of drug-likeness (QED) is 0.0310. The summed E-state index contributed by atoms with van der Waals surface area (Å²) < 4.78 is 10.2. The second kappa shape index (κ2) is 38.9. The van der Waals surface area contributed by atoms with Crippen LogP contribution in [0.15, 0.2) is 214 Å². The molecule has 0 spiro atoms. The summed E-state index contributed by atoms with van der Waals surface area (Å²) in [5, 5.41) is 12.8. The SMILES string of the molecule is CC(=O)Nc1c(-c2ccccc2)c1=O.CC(C)(C)Sc1c(SC(C)(C)C)c1=O.CC(C)N(c1c(N(C(C)C)C(C)C)c1=O)C(C)C.CCC(=O)Oc1c(C)c1=O.Cc1c(N(C)C)c1=O.Cc1c(Oc2ccccc2)c1=O.Cc1c(Sc2ccccc2)c1=O.Nc1c(-c2ccccc2)c1=O.O=c1c(-c2ccccc2)c1[N+](=O)[O-]. The summed E-state index contributed by atoms with van der Waals surface area (Å²) in [5.74, 6) is 0.908. The summed E-state index contributed by atoms with van der Waals surface area (Å²) in [6.45, 7) is 40.2. The number of esters is 1. The van der Waals surface area contributed by atoms with Crippen LogP contribution in [0.5, 0.6) is 17.2 Å². The van der Waals surface area contributed by atoms with Crippen LogP contribution in [0.4, 0.5) is 34.1 Å². The van der Waals surface area contributed by atoms with Crippen LogP contribution >= 0.6 is 35.3 Å². The maximum atomic E-state index is 12.2. The molecular weight excluding hydrogens is 1480 g/mol. The Bertz CT molecular complexity index is 5300. The Kier molecular flexibility index (Phi) is 31.3. The number of amides is 1. The maximum Gasteiger partial charge on any atom is 0.329 e. The Morgan fingerprint density at radius 1 is 0.473 bits per heavy atom. The van der Waals surface area contributed by atoms with E-state index in [9.17, 15) is 62.9 Å². The lowest BCUT2D eigenvalue weighted by Gasteiger charge is -2.33. The molecule has 0 fully saturated rings. The van der Waals surface area contributed by atoms with Crippen molar-refractivity contribution in [1.82, 2.24) is 0 Å². The third-order valence-corrected chi connectivity index (χ3v) is 20.3. The molecule has 0 unspecified atom stereocenters. The zero-order chi connectivity index (χ0) is 83.9. The van der Waals surface area contributed by atoms with Gasteiger partial charge in [0, 0.05) is 88.3 Å². The molecular formula is C88H100N6O15S3. The minimum atomic E-state index is -0.634. The number of anilines is 5. The number of thioether (sulfide) groups is 2. The normalized spacial score (nSPS) is 11.2. The molecule has 0 heterocycles. The highest BCUT2D eigenvalue weighted by molar-refractivity contribution is 8.04. The Morgan fingerprint density at radius 3 is 1.12 bits per heavy atom. The van der Waals surface area contributed by atoms with Crippen LogP contribution in [0.2, 0.25) is 0 Å². The van der Waals surface area contributed by atoms with Crippen LogP contribution in [-0.2, 0) is 9.59 Å². The Balaban J connectivity index is 0.000000198. The van der Waals surface area contributed by atoms with Crippen molar-refractivity contribution in [3.63, 3.8) is 0 Å². The third kappa shape index (κ3) is 26.2. The van der Waals surface area contributed by atoms with Crippen LogP contribution in [0.3, 0.4) is 0 Å². The third-order valence-electron chi connectivity index (χ3n) is 16.5. The number of nitrogens with zero attached hydrogens (tertiary/aromatic N) is 4. The largest absolute Gasteiger partial charge is 0.453 e. The summed E-state index contributed by atoms with van der Waals surface area (Å²) in [5.41, 5.74) is 16.1. The monoisotopic (exact) mass is 1580 g/mol. The smallest absolute Gasteiger partial charge is 0.329 e. The summed E-state index contributed by atoms with van der Waals surface area (Å²) in [4.78, 5) is 141. The number of nitro groups is 1. The van der Waals surface area contributed by atoms with E-state index in [-0.39, 0.29) is 81.8 Å². The topological polar surface area (TPSA) is 297 Å². The van der Waals surface area contributed by atoms with E-state index in [1.54, 1.807) is 86.4 Å². The molecule has 14 aromatic carbocycles. The van der Waals surface area contributed by atoms with Crippen molar-refractivity contribution in [3.05, 3.63) is 276 Å². The first kappa shape index (κ1) is 90.1. The van der Waals surface area contributed by atoms with Crippen molar-refractivity contribution in [1.29, 1.82) is 0 Å². The van der Waals surface area contributed by atoms with E-state index >= 15 is 0 Å². The number of nitrogens with one attached hydrogen (secondary N) is 1. The van der Waals surface area contributed by atoms with Crippen LogP contribution in [0.1, 0.15) is 139 Å². The van der Waals surface area contributed by atoms with Gasteiger partial charge in [-0.05, 0) is 124 Å². The van der Waals surface area contributed by atoms with Gasteiger partial charge < -0.3 is 35.2 Å². The number of ether oxygens (including phenoxy) is 2. The van der Waals surface area contributed by atoms with Crippen molar-refractivity contribution in [2.45, 2.75) is 198 Å². The van der Waals surface area contributed by atoms with Crippen molar-refractivity contribution in [2.24, 2.45) is 0 Å². The highest BCUT2D eigenvalue weighted by Gasteiger charge is 2.38. The van der Waals surface area contributed by atoms with E-state index in [4.69, 9.17) is 10.5 Å². The molecule has 112 heavy (non-hydrogen) atoms. The van der Waals surface area contributed by atoms with Gasteiger partial charge in [-0.25, -0.2) is 0 Å². The number of nitrogen functional groups attached to an aromatic ring is 1. The predicted molar refractivity (Wildman–Crippen MR) is 460 cm³/mol. The maximum absolute atomic E-state index is 12.2. The first-order valence-electron chi connectivity index (χ1n) is 36.5. The van der Waals surface area contributed by atoms with Gasteiger partial charge in [0.15, 0.2) is 16.9 Å². The van der Waals surface area contributed by atoms with Gasteiger partial charge in [-0.3, -0.25) is 62.9 Å². The second-order valence-electron chi connectivity index (χ2n) is 29.6. The molecule has 0 bridgehead atoms. The van der Waals surface area contributed by atoms with E-state index in [1.807, 2.05) is 154 Å². The number of para-hydroxylation sites is 1. The van der Waals surface area contributed by atoms with Crippen LogP contribution in [0, 0.1) is 37.8 Å². The zero-order valence-corrected chi connectivity index (χ0v) is 70.1. The fourth-order valence-corrected chi connectivity index (χ4v) is 13.9. The number of hydrogen-bond donors (Lipinski definition) is 2. The van der Waals surface area contributed by atoms with Crippen molar-refractivity contribution in [3.8, 4) is 50.6 Å². The van der Waals surface area contributed by atoms with Gasteiger partial charge in [0.05, 0.1) is 42.1 Å². The number of benzene rings is 5. The minimum absolute atomic E-state index is 0.00352. The minimum Gasteiger partial charge on any atom is -0.453 e. The van der Waals surface area contributed by atoms with Crippen molar-refractivity contribution < 1.29 is 24.0 Å². The first-order chi connectivity index (χ1) is 52.4. The first-order valence-corrected chi connectivity index (χ1v) is 38.9. The lowest BCUT2D eigenvalue weighted by molar-refractivity contribution is -0.380. The number of rotatable bonds is 20. The van der Waals surface area contributed by atoms with Crippen molar-refractivity contribution >= 4 is 81.3 Å². The van der Waals surface area contributed by atoms with Gasteiger partial charge in [-0.2, -0.15) is 0 Å². The van der Waals surface area contributed by atoms with Gasteiger partial charge >= 0.3 is 11.7 Å². The van der Waals surface area contributed by atoms with E-state index in [1.165, 1.54) is 6.92 Å². The molecule has 0 saturated carbocycles. The van der Waals surface area contributed by atoms with Crippen molar-refractivity contribution in [2.75, 3.05) is 39.8 Å². The lowest BCUT2D eigenvalue weighted by Crippen LogP contribution is -2.38. The molecule has 14 rings (SSSR count). The van der Waals surface area contributed by atoms with E-state index in [2.05, 4.69) is 117 Å². The van der Waals surface area contributed by atoms with E-state index in [0.717, 1.165) is 70.2 Å². The van der Waals surface area contributed by atoms with Gasteiger partial charge in [0.25, 0.3) is 5.43 Å². The molecule has 24 heteroatoms. The molecule has 14 aromatic rings. The van der Waals surface area contributed by atoms with E-state index < -0.39 is 10.4 Å². The van der Waals surface area contributed by atoms with Crippen LogP contribution in [0.25, 0.3) is 33.4 Å². The average Bonchev–Trinajstić information content (AvgIpc) is 1.59. The predicted octanol–water partition coefficient (Wildman–Crippen LogP) is 16.3. The summed E-state index contributed by atoms with van der Waals surface area (Å²) in [6, 6.07) is 48.1. The molecule has 3 N–H and O–H groups in total. The number of carbonyl (C=O) groups excluding carboxylic acids is 2. The molecule has 0 aliphatic rings. The molecule has 1 amide bonds. The Labute approximate surface area is 665 Å². The highest BCUT2D eigenvalue weighted by Crippen LogP contribution is 2.44. The molecule has 0 atom stereocenters. The summed E-state index contributed by atoms with van der Waals surface area (Å²) in [6.07, 6.45) is 0.310. The average molecular weight is 1580 g/mol. The summed E-state index contributed by atoms with van der Waals surface area (Å²) >= 11 is 4.93. The fraction of sp³-hybridized carbons (Fsp3) is 0.330. The summed E-state index contributed by atoms with van der Waals surface area (Å²) in [7, 11) is 3.76. The van der Waals surface area contributed by atoms with Gasteiger partial charge in [-0.1, -0.05) is 188 Å². The molecule has 0 aliphatic carbocycles. The standard InChI is InChI=1S/C15H28N2O.C11H9NO2.C11H18OS2.C10H8O2.C10H8OS.C9H5NO3.C9H7NO.C7H8O3.C6H9NO/c1-9(2)16(10(3)4)13-14(15(13)18)17(11(5)6)12(7)8;1-7(13)12-10-9(11(10)14)8-5-3-2-4-6-8;1-10(2,3)13-8-7(12)9(8)14-11(4,5)6;2*1-7-9(11)10(7)12-8-5-3-2-4-6-8;11-9-7(8(9)10(12)13)6-4-2-1-3-5-6;10-8-7(9(8)11)6-4-2-1-3-5-6;1-3-5(8)10-7-4(2)6(7)9;1-4-5(6(4)8)7(2)3/h9-12H,1-8H3;2-6H,1H3,(H,12,13);1-6H3;2*2-6H,1H3;1-5H;1-5H,10H2;3H2,1-2H3;1-3H3. The molecule has 0 radical (unpaired) electrons. The van der Waals surface area contributed by atoms with Gasteiger partial charge in [0.2, 0.25) is 43.9 Å². The lowest BCUT2D eigenvalue weighted by atomic mass is 10.2. The molecule has 0 aliphatic heterocycles. The highest BCUT2D eigenvalue weighted by atomic mass is 32.2. The number of nitrogens with two attached hydrogens (primary N) is 1. The number of carbonyl (C=O) groups is 2. The van der Waals surface area contributed by atoms with Crippen LogP contribution in [-0.4, -0.2) is 64.6 Å². The molecule has 590 valence electrons. The second-order valence-corrected chi connectivity index (χ2v) is 34.4. The van der Waals surface area contributed by atoms with Crippen LogP contribution < -0.4 is 84.1 Å². The van der Waals surface area contributed by atoms with Gasteiger partial charge in [0.1, 0.15) is 28.4 Å². The van der Waals surface area contributed by atoms with Gasteiger partial charge in [-0.15, -0.1) is 23.5 Å². The molecule has 0 aromatic heterocycles. The number of hydrogen-bond acceptors (Lipinski definition) is 22. The zero-order valence-electron chi connectivity index (χ0n) is 67.7. The van der Waals surface area contributed by atoms with E-state index in [0.29, 0.717) is 70.0 Å². The molecule has 21 nitrogen and oxygen atoms in total. The Morgan fingerprint density at radius 2 is 0.830 bits per heavy atom. The Hall–Kier alpha value is -10.8.